The molecule has 0 radical (unpaired) electrons. The lowest BCUT2D eigenvalue weighted by atomic mass is 9.96. The lowest BCUT2D eigenvalue weighted by Crippen LogP contribution is -2.46. The molecule has 0 spiro atoms. The van der Waals surface area contributed by atoms with Gasteiger partial charge in [-0.1, -0.05) is 19.9 Å². The molecule has 2 rings (SSSR count). The summed E-state index contributed by atoms with van der Waals surface area (Å²) in [6.07, 6.45) is 4.10. The summed E-state index contributed by atoms with van der Waals surface area (Å²) in [5, 5.41) is 6.42. The minimum absolute atomic E-state index is 0.0136. The molecule has 2 N–H and O–H groups in total. The van der Waals surface area contributed by atoms with Crippen molar-refractivity contribution in [2.45, 2.75) is 58.7 Å². The molecule has 1 fully saturated rings. The van der Waals surface area contributed by atoms with Crippen LogP contribution >= 0.6 is 0 Å². The van der Waals surface area contributed by atoms with Crippen LogP contribution in [-0.4, -0.2) is 36.2 Å². The van der Waals surface area contributed by atoms with Crippen molar-refractivity contribution < 1.29 is 9.53 Å². The molecule has 23 heavy (non-hydrogen) atoms. The molecule has 1 aliphatic rings. The maximum Gasteiger partial charge on any atom is 0.236 e. The Labute approximate surface area is 139 Å². The molecule has 1 saturated heterocycles. The quantitative estimate of drug-likeness (QED) is 0.810. The van der Waals surface area contributed by atoms with E-state index in [0.717, 1.165) is 30.7 Å². The standard InChI is InChI=1S/C18H29N3O2/c1-12(2)16(17-13(3)7-5-9-19-17)21-14(4)18(22)20-11-15-8-6-10-23-15/h5,7,9,12,14-16,21H,6,8,10-11H2,1-4H3,(H,20,22). The maximum absolute atomic E-state index is 12.3. The van der Waals surface area contributed by atoms with Gasteiger partial charge in [0.15, 0.2) is 0 Å². The molecule has 3 unspecified atom stereocenters. The first-order chi connectivity index (χ1) is 11.0. The van der Waals surface area contributed by atoms with Crippen molar-refractivity contribution in [3.05, 3.63) is 29.6 Å². The van der Waals surface area contributed by atoms with Crippen molar-refractivity contribution >= 4 is 5.91 Å². The van der Waals surface area contributed by atoms with Crippen molar-refractivity contribution in [1.29, 1.82) is 0 Å². The Kier molecular flexibility index (Phi) is 6.54. The van der Waals surface area contributed by atoms with E-state index in [0.29, 0.717) is 12.5 Å². The van der Waals surface area contributed by atoms with E-state index in [2.05, 4.69) is 42.5 Å². The molecule has 5 nitrogen and oxygen atoms in total. The zero-order valence-corrected chi connectivity index (χ0v) is 14.6. The summed E-state index contributed by atoms with van der Waals surface area (Å²) in [5.74, 6) is 0.358. The number of carbonyl (C=O) groups excluding carboxylic acids is 1. The van der Waals surface area contributed by atoms with Gasteiger partial charge in [0.05, 0.1) is 23.9 Å². The first-order valence-electron chi connectivity index (χ1n) is 8.56. The average Bonchev–Trinajstić information content (AvgIpc) is 3.04. The molecule has 0 saturated carbocycles. The maximum atomic E-state index is 12.3. The number of carbonyl (C=O) groups is 1. The number of nitrogens with zero attached hydrogens (tertiary/aromatic N) is 1. The van der Waals surface area contributed by atoms with Gasteiger partial charge in [0.1, 0.15) is 0 Å². The number of aromatic nitrogens is 1. The van der Waals surface area contributed by atoms with E-state index in [-0.39, 0.29) is 24.1 Å². The lowest BCUT2D eigenvalue weighted by Gasteiger charge is -2.27. The van der Waals surface area contributed by atoms with Crippen LogP contribution in [-0.2, 0) is 9.53 Å². The Morgan fingerprint density at radius 3 is 2.83 bits per heavy atom. The molecule has 1 aromatic rings. The van der Waals surface area contributed by atoms with Crippen molar-refractivity contribution in [3.8, 4) is 0 Å². The summed E-state index contributed by atoms with van der Waals surface area (Å²) >= 11 is 0. The van der Waals surface area contributed by atoms with Crippen LogP contribution in [0.2, 0.25) is 0 Å². The van der Waals surface area contributed by atoms with Crippen molar-refractivity contribution in [2.24, 2.45) is 5.92 Å². The Hall–Kier alpha value is -1.46. The average molecular weight is 319 g/mol. The summed E-state index contributed by atoms with van der Waals surface area (Å²) in [4.78, 5) is 16.8. The van der Waals surface area contributed by atoms with E-state index in [1.165, 1.54) is 0 Å². The number of hydrogen-bond donors (Lipinski definition) is 2. The van der Waals surface area contributed by atoms with Gasteiger partial charge < -0.3 is 10.1 Å². The van der Waals surface area contributed by atoms with Crippen molar-refractivity contribution in [3.63, 3.8) is 0 Å². The first kappa shape index (κ1) is 17.9. The van der Waals surface area contributed by atoms with Crippen LogP contribution in [0.4, 0.5) is 0 Å². The number of ether oxygens (including phenoxy) is 1. The van der Waals surface area contributed by atoms with Crippen LogP contribution in [0.25, 0.3) is 0 Å². The Balaban J connectivity index is 1.93. The number of hydrogen-bond acceptors (Lipinski definition) is 4. The molecule has 1 aromatic heterocycles. The Morgan fingerprint density at radius 2 is 2.22 bits per heavy atom. The lowest BCUT2D eigenvalue weighted by molar-refractivity contribution is -0.123. The third-order valence-corrected chi connectivity index (χ3v) is 4.36. The predicted octanol–water partition coefficient (Wildman–Crippen LogP) is 2.36. The van der Waals surface area contributed by atoms with E-state index in [1.807, 2.05) is 19.2 Å². The molecule has 2 heterocycles. The van der Waals surface area contributed by atoms with Crippen LogP contribution in [0.3, 0.4) is 0 Å². The minimum Gasteiger partial charge on any atom is -0.376 e. The van der Waals surface area contributed by atoms with E-state index < -0.39 is 0 Å². The number of pyridine rings is 1. The number of nitrogens with one attached hydrogen (secondary N) is 2. The molecule has 1 aliphatic heterocycles. The molecule has 5 heteroatoms. The Morgan fingerprint density at radius 1 is 1.43 bits per heavy atom. The van der Waals surface area contributed by atoms with Crippen molar-refractivity contribution in [2.75, 3.05) is 13.2 Å². The van der Waals surface area contributed by atoms with Gasteiger partial charge in [0.2, 0.25) is 5.91 Å². The summed E-state index contributed by atoms with van der Waals surface area (Å²) < 4.78 is 5.54. The van der Waals surface area contributed by atoms with Gasteiger partial charge in [-0.25, -0.2) is 0 Å². The van der Waals surface area contributed by atoms with Gasteiger partial charge in [-0.15, -0.1) is 0 Å². The van der Waals surface area contributed by atoms with Crippen LogP contribution in [0.15, 0.2) is 18.3 Å². The molecule has 128 valence electrons. The second kappa shape index (κ2) is 8.41. The molecular weight excluding hydrogens is 290 g/mol. The zero-order chi connectivity index (χ0) is 16.8. The molecule has 0 bridgehead atoms. The van der Waals surface area contributed by atoms with Crippen LogP contribution in [0, 0.1) is 12.8 Å². The fourth-order valence-corrected chi connectivity index (χ4v) is 2.93. The van der Waals surface area contributed by atoms with Gasteiger partial charge in [-0.05, 0) is 44.2 Å². The molecule has 1 amide bonds. The predicted molar refractivity (Wildman–Crippen MR) is 91.1 cm³/mol. The summed E-state index contributed by atoms with van der Waals surface area (Å²) in [6, 6.07) is 3.78. The SMILES string of the molecule is Cc1cccnc1C(NC(C)C(=O)NCC1CCCO1)C(C)C. The topological polar surface area (TPSA) is 63.2 Å². The molecule has 0 aliphatic carbocycles. The third kappa shape index (κ3) is 5.01. The summed E-state index contributed by atoms with van der Waals surface area (Å²) in [6.45, 7) is 9.65. The van der Waals surface area contributed by atoms with Crippen LogP contribution < -0.4 is 10.6 Å². The zero-order valence-electron chi connectivity index (χ0n) is 14.6. The fourth-order valence-electron chi connectivity index (χ4n) is 2.93. The third-order valence-electron chi connectivity index (χ3n) is 4.36. The molecule has 3 atom stereocenters. The van der Waals surface area contributed by atoms with Gasteiger partial charge in [0, 0.05) is 19.3 Å². The fraction of sp³-hybridized carbons (Fsp3) is 0.667. The minimum atomic E-state index is -0.273. The van der Waals surface area contributed by atoms with Gasteiger partial charge in [0.25, 0.3) is 0 Å². The van der Waals surface area contributed by atoms with Gasteiger partial charge in [-0.3, -0.25) is 15.1 Å². The highest BCUT2D eigenvalue weighted by molar-refractivity contribution is 5.81. The molecular formula is C18H29N3O2. The van der Waals surface area contributed by atoms with Gasteiger partial charge >= 0.3 is 0 Å². The normalized spacial score (nSPS) is 20.5. The van der Waals surface area contributed by atoms with Crippen molar-refractivity contribution in [1.82, 2.24) is 15.6 Å². The van der Waals surface area contributed by atoms with Crippen LogP contribution in [0.5, 0.6) is 0 Å². The highest BCUT2D eigenvalue weighted by Crippen LogP contribution is 2.23. The smallest absolute Gasteiger partial charge is 0.236 e. The summed E-state index contributed by atoms with van der Waals surface area (Å²) in [7, 11) is 0. The number of rotatable bonds is 7. The number of amides is 1. The second-order valence-electron chi connectivity index (χ2n) is 6.70. The highest BCUT2D eigenvalue weighted by atomic mass is 16.5. The van der Waals surface area contributed by atoms with E-state index >= 15 is 0 Å². The van der Waals surface area contributed by atoms with E-state index in [9.17, 15) is 4.79 Å². The first-order valence-corrected chi connectivity index (χ1v) is 8.56. The monoisotopic (exact) mass is 319 g/mol. The second-order valence-corrected chi connectivity index (χ2v) is 6.70. The highest BCUT2D eigenvalue weighted by Gasteiger charge is 2.24. The largest absolute Gasteiger partial charge is 0.376 e. The van der Waals surface area contributed by atoms with E-state index in [1.54, 1.807) is 0 Å². The Bertz CT molecular complexity index is 513. The number of aryl methyl sites for hydroxylation is 1. The van der Waals surface area contributed by atoms with Crippen LogP contribution in [0.1, 0.15) is 50.9 Å². The van der Waals surface area contributed by atoms with E-state index in [4.69, 9.17) is 4.74 Å². The molecule has 0 aromatic carbocycles. The van der Waals surface area contributed by atoms with Gasteiger partial charge in [-0.2, -0.15) is 0 Å². The summed E-state index contributed by atoms with van der Waals surface area (Å²) in [5.41, 5.74) is 2.16.